The summed E-state index contributed by atoms with van der Waals surface area (Å²) in [4.78, 5) is 17.5. The molecule has 0 aliphatic heterocycles. The van der Waals surface area contributed by atoms with E-state index in [1.807, 2.05) is 31.4 Å². The maximum absolute atomic E-state index is 10.6. The number of hydrogen-bond acceptors (Lipinski definition) is 6. The second-order valence-electron chi connectivity index (χ2n) is 7.89. The average molecular weight is 475 g/mol. The van der Waals surface area contributed by atoms with Gasteiger partial charge in [-0.15, -0.1) is 0 Å². The largest absolute Gasteiger partial charge is 0.496 e. The van der Waals surface area contributed by atoms with Crippen molar-refractivity contribution in [2.24, 2.45) is 7.05 Å². The second-order valence-corrected chi connectivity index (χ2v) is 7.89. The highest BCUT2D eigenvalue weighted by Crippen LogP contribution is 2.41. The summed E-state index contributed by atoms with van der Waals surface area (Å²) >= 11 is 0. The Hall–Kier alpha value is -4.02. The number of aryl methyl sites for hydroxylation is 1. The maximum atomic E-state index is 10.6. The van der Waals surface area contributed by atoms with E-state index in [2.05, 4.69) is 40.5 Å². The summed E-state index contributed by atoms with van der Waals surface area (Å²) in [6.45, 7) is 4.36. The van der Waals surface area contributed by atoms with Gasteiger partial charge in [-0.2, -0.15) is 18.2 Å². The number of aliphatic carboxylic acids is 1. The first-order valence-electron chi connectivity index (χ1n) is 10.1. The predicted octanol–water partition coefficient (Wildman–Crippen LogP) is 4.72. The molecule has 2 aromatic carbocycles. The number of fused-ring (bicyclic) bond motifs is 3. The van der Waals surface area contributed by atoms with E-state index in [1.54, 1.807) is 7.11 Å². The van der Waals surface area contributed by atoms with Crippen LogP contribution >= 0.6 is 0 Å². The predicted molar refractivity (Wildman–Crippen MR) is 125 cm³/mol. The molecule has 34 heavy (non-hydrogen) atoms. The second kappa shape index (κ2) is 9.08. The van der Waals surface area contributed by atoms with Crippen molar-refractivity contribution in [1.82, 2.24) is 14.5 Å². The number of carboxylic acids is 1. The molecule has 0 saturated carbocycles. The lowest BCUT2D eigenvalue weighted by molar-refractivity contribution is -0.192. The zero-order valence-corrected chi connectivity index (χ0v) is 18.9. The zero-order chi connectivity index (χ0) is 25.4. The molecule has 0 bridgehead atoms. The lowest BCUT2D eigenvalue weighted by Crippen LogP contribution is -2.21. The third kappa shape index (κ3) is 4.68. The number of nitrogens with zero attached hydrogens (tertiary/aromatic N) is 3. The van der Waals surface area contributed by atoms with Crippen LogP contribution in [0.1, 0.15) is 25.3 Å². The highest BCUT2D eigenvalue weighted by Gasteiger charge is 2.38. The Balaban J connectivity index is 0.000000406. The number of anilines is 2. The summed E-state index contributed by atoms with van der Waals surface area (Å²) in [5.41, 5.74) is 17.1. The van der Waals surface area contributed by atoms with Gasteiger partial charge in [-0.3, -0.25) is 0 Å². The highest BCUT2D eigenvalue weighted by molar-refractivity contribution is 6.15. The first kappa shape index (κ1) is 24.6. The van der Waals surface area contributed by atoms with Crippen LogP contribution in [0.3, 0.4) is 0 Å². The number of nitrogen functional groups attached to an aromatic ring is 2. The fourth-order valence-corrected chi connectivity index (χ4v) is 3.67. The first-order chi connectivity index (χ1) is 15.8. The van der Waals surface area contributed by atoms with Gasteiger partial charge in [-0.05, 0) is 35.7 Å². The number of aromatic nitrogens is 3. The number of rotatable bonds is 3. The normalized spacial score (nSPS) is 11.5. The van der Waals surface area contributed by atoms with Crippen LogP contribution in [0.2, 0.25) is 0 Å². The molecule has 0 aliphatic rings. The molecule has 0 fully saturated rings. The molecule has 2 aromatic heterocycles. The van der Waals surface area contributed by atoms with Crippen LogP contribution in [-0.4, -0.2) is 38.9 Å². The van der Waals surface area contributed by atoms with E-state index >= 15 is 0 Å². The van der Waals surface area contributed by atoms with Crippen LogP contribution in [0.15, 0.2) is 36.5 Å². The van der Waals surface area contributed by atoms with Crippen molar-refractivity contribution < 1.29 is 27.8 Å². The minimum atomic E-state index is -5.08. The van der Waals surface area contributed by atoms with E-state index in [9.17, 15) is 13.2 Å². The van der Waals surface area contributed by atoms with Crippen LogP contribution in [0.4, 0.5) is 24.9 Å². The van der Waals surface area contributed by atoms with Gasteiger partial charge in [0.25, 0.3) is 0 Å². The molecular weight excluding hydrogens is 451 g/mol. The van der Waals surface area contributed by atoms with Gasteiger partial charge >= 0.3 is 12.1 Å². The van der Waals surface area contributed by atoms with Crippen molar-refractivity contribution in [3.8, 4) is 16.9 Å². The third-order valence-corrected chi connectivity index (χ3v) is 5.28. The van der Waals surface area contributed by atoms with Crippen molar-refractivity contribution in [2.75, 3.05) is 18.6 Å². The highest BCUT2D eigenvalue weighted by atomic mass is 19.4. The number of benzene rings is 2. The van der Waals surface area contributed by atoms with E-state index < -0.39 is 12.1 Å². The lowest BCUT2D eigenvalue weighted by atomic mass is 9.94. The molecule has 0 unspecified atom stereocenters. The Morgan fingerprint density at radius 2 is 1.76 bits per heavy atom. The maximum Gasteiger partial charge on any atom is 0.490 e. The van der Waals surface area contributed by atoms with Crippen LogP contribution in [-0.2, 0) is 11.8 Å². The Bertz CT molecular complexity index is 1380. The number of carboxylic acid groups (broad SMARTS) is 1. The SMILES string of the molecule is COc1ccc(C(C)C)cc1-c1cc2nc(N)nc(N)c2c2ccn(C)c12.O=C(O)C(F)(F)F. The molecule has 0 saturated heterocycles. The molecule has 4 rings (SSSR count). The van der Waals surface area contributed by atoms with Crippen LogP contribution in [0.25, 0.3) is 32.9 Å². The molecule has 0 radical (unpaired) electrons. The molecule has 11 heteroatoms. The number of alkyl halides is 3. The van der Waals surface area contributed by atoms with E-state index in [0.717, 1.165) is 38.7 Å². The summed E-state index contributed by atoms with van der Waals surface area (Å²) in [6.07, 6.45) is -3.07. The molecular formula is C23H24F3N5O3. The molecule has 8 nitrogen and oxygen atoms in total. The smallest absolute Gasteiger partial charge is 0.490 e. The molecule has 180 valence electrons. The summed E-state index contributed by atoms with van der Waals surface area (Å²) in [5, 5.41) is 8.95. The van der Waals surface area contributed by atoms with Gasteiger partial charge in [-0.1, -0.05) is 19.9 Å². The van der Waals surface area contributed by atoms with E-state index in [-0.39, 0.29) is 5.95 Å². The first-order valence-corrected chi connectivity index (χ1v) is 10.1. The molecule has 5 N–H and O–H groups in total. The number of halogens is 3. The Morgan fingerprint density at radius 3 is 2.32 bits per heavy atom. The topological polar surface area (TPSA) is 129 Å². The Morgan fingerprint density at radius 1 is 1.12 bits per heavy atom. The van der Waals surface area contributed by atoms with Crippen LogP contribution < -0.4 is 16.2 Å². The lowest BCUT2D eigenvalue weighted by Gasteiger charge is -2.16. The quantitative estimate of drug-likeness (QED) is 0.391. The van der Waals surface area contributed by atoms with Crippen LogP contribution in [0, 0.1) is 0 Å². The van der Waals surface area contributed by atoms with E-state index in [4.69, 9.17) is 26.1 Å². The van der Waals surface area contributed by atoms with Crippen molar-refractivity contribution in [3.05, 3.63) is 42.1 Å². The van der Waals surface area contributed by atoms with Gasteiger partial charge in [0.05, 0.1) is 23.5 Å². The van der Waals surface area contributed by atoms with Gasteiger partial charge in [0.15, 0.2) is 0 Å². The van der Waals surface area contributed by atoms with Gasteiger partial charge in [-0.25, -0.2) is 9.78 Å². The van der Waals surface area contributed by atoms with Gasteiger partial charge < -0.3 is 25.9 Å². The zero-order valence-electron chi connectivity index (χ0n) is 18.9. The molecule has 0 aliphatic carbocycles. The molecule has 2 heterocycles. The number of ether oxygens (including phenoxy) is 1. The molecule has 0 spiro atoms. The van der Waals surface area contributed by atoms with Gasteiger partial charge in [0, 0.05) is 29.8 Å². The Labute approximate surface area is 193 Å². The Kier molecular flexibility index (Phi) is 6.58. The van der Waals surface area contributed by atoms with Gasteiger partial charge in [0.2, 0.25) is 5.95 Å². The third-order valence-electron chi connectivity index (χ3n) is 5.28. The standard InChI is InChI=1S/C21H23N5O.C2HF3O2/c1-11(2)12-5-6-17(27-4)14(9-12)15-10-16-18(20(22)25-21(23)24-16)13-7-8-26(3)19(13)15;3-2(4,5)1(6)7/h5-11H,1-4H3,(H4,22,23,24,25);(H,6,7). The number of hydrogen-bond donors (Lipinski definition) is 3. The average Bonchev–Trinajstić information content (AvgIpc) is 3.13. The molecule has 0 amide bonds. The van der Waals surface area contributed by atoms with E-state index in [1.165, 1.54) is 5.56 Å². The number of carbonyl (C=O) groups is 1. The molecule has 0 atom stereocenters. The van der Waals surface area contributed by atoms with Crippen molar-refractivity contribution >= 4 is 39.5 Å². The minimum absolute atomic E-state index is 0.170. The van der Waals surface area contributed by atoms with E-state index in [0.29, 0.717) is 11.7 Å². The fraction of sp³-hybridized carbons (Fsp3) is 0.261. The molecule has 4 aromatic rings. The minimum Gasteiger partial charge on any atom is -0.496 e. The van der Waals surface area contributed by atoms with Crippen molar-refractivity contribution in [1.29, 1.82) is 0 Å². The summed E-state index contributed by atoms with van der Waals surface area (Å²) in [6, 6.07) is 10.4. The van der Waals surface area contributed by atoms with Crippen LogP contribution in [0.5, 0.6) is 5.75 Å². The van der Waals surface area contributed by atoms with Gasteiger partial charge in [0.1, 0.15) is 11.6 Å². The summed E-state index contributed by atoms with van der Waals surface area (Å²) < 4.78 is 39.5. The fourth-order valence-electron chi connectivity index (χ4n) is 3.67. The summed E-state index contributed by atoms with van der Waals surface area (Å²) in [5.74, 6) is -0.969. The number of nitrogens with two attached hydrogens (primary N) is 2. The number of methoxy groups -OCH3 is 1. The summed E-state index contributed by atoms with van der Waals surface area (Å²) in [7, 11) is 3.71. The van der Waals surface area contributed by atoms with Crippen molar-refractivity contribution in [3.63, 3.8) is 0 Å². The van der Waals surface area contributed by atoms with Crippen molar-refractivity contribution in [2.45, 2.75) is 25.9 Å². The monoisotopic (exact) mass is 475 g/mol.